The van der Waals surface area contributed by atoms with E-state index in [9.17, 15) is 9.18 Å². The van der Waals surface area contributed by atoms with E-state index < -0.39 is 5.82 Å². The number of carbonyl (C=O) groups is 1. The molecule has 2 heterocycles. The molecular weight excluding hydrogens is 307 g/mol. The van der Waals surface area contributed by atoms with Crippen molar-refractivity contribution in [3.05, 3.63) is 59.7 Å². The Balaban J connectivity index is 1.65. The number of amides is 1. The lowest BCUT2D eigenvalue weighted by Crippen LogP contribution is -2.38. The van der Waals surface area contributed by atoms with Crippen molar-refractivity contribution in [2.45, 2.75) is 26.4 Å². The number of nitrogens with zero attached hydrogens (tertiary/aromatic N) is 2. The molecule has 3 rings (SSSR count). The maximum atomic E-state index is 13.6. The van der Waals surface area contributed by atoms with Crippen molar-refractivity contribution in [1.29, 1.82) is 0 Å². The van der Waals surface area contributed by atoms with E-state index in [-0.39, 0.29) is 18.3 Å². The number of rotatable bonds is 4. The molecule has 4 nitrogen and oxygen atoms in total. The highest BCUT2D eigenvalue weighted by atomic mass is 19.1. The fourth-order valence-electron chi connectivity index (χ4n) is 2.77. The van der Waals surface area contributed by atoms with Crippen LogP contribution in [0, 0.1) is 11.7 Å². The van der Waals surface area contributed by atoms with E-state index >= 15 is 0 Å². The van der Waals surface area contributed by atoms with Crippen molar-refractivity contribution in [3.63, 3.8) is 0 Å². The molecule has 5 heteroatoms. The van der Waals surface area contributed by atoms with Gasteiger partial charge in [0.25, 0.3) is 5.91 Å². The quantitative estimate of drug-likeness (QED) is 0.860. The molecular formula is C19H21FN2O2. The number of para-hydroxylation sites is 1. The van der Waals surface area contributed by atoms with Crippen LogP contribution >= 0.6 is 0 Å². The second kappa shape index (κ2) is 7.43. The maximum Gasteiger partial charge on any atom is 0.272 e. The van der Waals surface area contributed by atoms with Crippen molar-refractivity contribution in [1.82, 2.24) is 9.88 Å². The van der Waals surface area contributed by atoms with Crippen LogP contribution in [0.3, 0.4) is 0 Å². The number of pyridine rings is 1. The van der Waals surface area contributed by atoms with Crippen molar-refractivity contribution >= 4 is 5.91 Å². The molecule has 24 heavy (non-hydrogen) atoms. The highest BCUT2D eigenvalue weighted by molar-refractivity contribution is 5.92. The van der Waals surface area contributed by atoms with Gasteiger partial charge in [-0.1, -0.05) is 25.1 Å². The van der Waals surface area contributed by atoms with Crippen LogP contribution in [0.1, 0.15) is 35.9 Å². The first-order chi connectivity index (χ1) is 11.6. The minimum Gasteiger partial charge on any atom is -0.484 e. The molecule has 0 atom stereocenters. The number of aromatic nitrogens is 1. The van der Waals surface area contributed by atoms with Gasteiger partial charge < -0.3 is 9.64 Å². The molecule has 1 aliphatic heterocycles. The van der Waals surface area contributed by atoms with Gasteiger partial charge in [-0.3, -0.25) is 4.79 Å². The molecule has 1 aromatic carbocycles. The summed E-state index contributed by atoms with van der Waals surface area (Å²) in [5.41, 5.74) is 1.02. The van der Waals surface area contributed by atoms with Crippen molar-refractivity contribution < 1.29 is 13.9 Å². The third-order valence-electron chi connectivity index (χ3n) is 4.31. The summed E-state index contributed by atoms with van der Waals surface area (Å²) in [7, 11) is 0. The summed E-state index contributed by atoms with van der Waals surface area (Å²) in [6.45, 7) is 3.88. The van der Waals surface area contributed by atoms with Gasteiger partial charge in [0.15, 0.2) is 11.6 Å². The summed E-state index contributed by atoms with van der Waals surface area (Å²) in [6.07, 6.45) is 2.06. The molecule has 0 unspecified atom stereocenters. The van der Waals surface area contributed by atoms with Gasteiger partial charge in [-0.15, -0.1) is 0 Å². The third kappa shape index (κ3) is 3.91. The first-order valence-electron chi connectivity index (χ1n) is 8.26. The predicted molar refractivity (Wildman–Crippen MR) is 89.3 cm³/mol. The Kier molecular flexibility index (Phi) is 5.08. The molecule has 1 aromatic heterocycles. The Labute approximate surface area is 141 Å². The molecule has 1 saturated heterocycles. The molecule has 126 valence electrons. The SMILES string of the molecule is CC1CCN(C(=O)c2cccc(COc3ccccc3F)n2)CC1. The van der Waals surface area contributed by atoms with Crippen molar-refractivity contribution in [3.8, 4) is 5.75 Å². The van der Waals surface area contributed by atoms with Crippen molar-refractivity contribution in [2.75, 3.05) is 13.1 Å². The zero-order valence-electron chi connectivity index (χ0n) is 13.7. The van der Waals surface area contributed by atoms with Gasteiger partial charge in [0.1, 0.15) is 12.3 Å². The summed E-state index contributed by atoms with van der Waals surface area (Å²) in [5, 5.41) is 0. The van der Waals surface area contributed by atoms with E-state index in [0.717, 1.165) is 25.9 Å². The lowest BCUT2D eigenvalue weighted by molar-refractivity contribution is 0.0690. The average molecular weight is 328 g/mol. The van der Waals surface area contributed by atoms with Crippen LogP contribution in [0.5, 0.6) is 5.75 Å². The fraction of sp³-hybridized carbons (Fsp3) is 0.368. The highest BCUT2D eigenvalue weighted by Gasteiger charge is 2.22. The van der Waals surface area contributed by atoms with Gasteiger partial charge in [-0.05, 0) is 43.0 Å². The van der Waals surface area contributed by atoms with Crippen LogP contribution in [0.4, 0.5) is 4.39 Å². The Morgan fingerprint density at radius 1 is 1.21 bits per heavy atom. The van der Waals surface area contributed by atoms with Crippen LogP contribution in [0.15, 0.2) is 42.5 Å². The third-order valence-corrected chi connectivity index (χ3v) is 4.31. The molecule has 1 aliphatic rings. The minimum absolute atomic E-state index is 0.0466. The number of benzene rings is 1. The Hall–Kier alpha value is -2.43. The maximum absolute atomic E-state index is 13.6. The zero-order chi connectivity index (χ0) is 16.9. The van der Waals surface area contributed by atoms with Gasteiger partial charge in [0.05, 0.1) is 5.69 Å². The standard InChI is InChI=1S/C19H21FN2O2/c1-14-9-11-22(12-10-14)19(23)17-7-4-5-15(21-17)13-24-18-8-3-2-6-16(18)20/h2-8,14H,9-13H2,1H3. The highest BCUT2D eigenvalue weighted by Crippen LogP contribution is 2.19. The van der Waals surface area contributed by atoms with E-state index in [0.29, 0.717) is 17.3 Å². The molecule has 0 N–H and O–H groups in total. The van der Waals surface area contributed by atoms with E-state index in [1.54, 1.807) is 36.4 Å². The number of piperidine rings is 1. The normalized spacial score (nSPS) is 15.3. The molecule has 0 saturated carbocycles. The molecule has 1 amide bonds. The second-order valence-electron chi connectivity index (χ2n) is 6.21. The molecule has 0 radical (unpaired) electrons. The number of hydrogen-bond donors (Lipinski definition) is 0. The van der Waals surface area contributed by atoms with E-state index in [4.69, 9.17) is 4.74 Å². The Morgan fingerprint density at radius 2 is 1.96 bits per heavy atom. The number of hydrogen-bond acceptors (Lipinski definition) is 3. The van der Waals surface area contributed by atoms with Crippen LogP contribution < -0.4 is 4.74 Å². The monoisotopic (exact) mass is 328 g/mol. The van der Waals surface area contributed by atoms with Crippen LogP contribution in [0.2, 0.25) is 0 Å². The predicted octanol–water partition coefficient (Wildman–Crippen LogP) is 3.67. The Morgan fingerprint density at radius 3 is 2.71 bits per heavy atom. The van der Waals surface area contributed by atoms with E-state index in [1.165, 1.54) is 6.07 Å². The van der Waals surface area contributed by atoms with Crippen LogP contribution in [-0.4, -0.2) is 28.9 Å². The summed E-state index contributed by atoms with van der Waals surface area (Å²) in [4.78, 5) is 18.8. The van der Waals surface area contributed by atoms with Crippen LogP contribution in [0.25, 0.3) is 0 Å². The largest absolute Gasteiger partial charge is 0.484 e. The van der Waals surface area contributed by atoms with E-state index in [2.05, 4.69) is 11.9 Å². The minimum atomic E-state index is -0.410. The van der Waals surface area contributed by atoms with Gasteiger partial charge in [0, 0.05) is 13.1 Å². The van der Waals surface area contributed by atoms with Gasteiger partial charge in [-0.25, -0.2) is 9.37 Å². The van der Waals surface area contributed by atoms with Gasteiger partial charge in [0.2, 0.25) is 0 Å². The number of likely N-dealkylation sites (tertiary alicyclic amines) is 1. The zero-order valence-corrected chi connectivity index (χ0v) is 13.7. The molecule has 0 aliphatic carbocycles. The number of halogens is 1. The summed E-state index contributed by atoms with van der Waals surface area (Å²) < 4.78 is 19.0. The lowest BCUT2D eigenvalue weighted by Gasteiger charge is -2.30. The summed E-state index contributed by atoms with van der Waals surface area (Å²) >= 11 is 0. The van der Waals surface area contributed by atoms with E-state index in [1.807, 2.05) is 4.90 Å². The molecule has 2 aromatic rings. The summed E-state index contributed by atoms with van der Waals surface area (Å²) in [6, 6.07) is 11.5. The average Bonchev–Trinajstić information content (AvgIpc) is 2.61. The topological polar surface area (TPSA) is 42.4 Å². The van der Waals surface area contributed by atoms with Crippen molar-refractivity contribution in [2.24, 2.45) is 5.92 Å². The second-order valence-corrected chi connectivity index (χ2v) is 6.21. The first kappa shape index (κ1) is 16.4. The lowest BCUT2D eigenvalue weighted by atomic mass is 9.99. The molecule has 1 fully saturated rings. The number of ether oxygens (including phenoxy) is 1. The smallest absolute Gasteiger partial charge is 0.272 e. The molecule has 0 bridgehead atoms. The van der Waals surface area contributed by atoms with Gasteiger partial charge >= 0.3 is 0 Å². The van der Waals surface area contributed by atoms with Crippen LogP contribution in [-0.2, 0) is 6.61 Å². The molecule has 0 spiro atoms. The Bertz CT molecular complexity index is 712. The van der Waals surface area contributed by atoms with Gasteiger partial charge in [-0.2, -0.15) is 0 Å². The fourth-order valence-corrected chi connectivity index (χ4v) is 2.77. The first-order valence-corrected chi connectivity index (χ1v) is 8.26. The summed E-state index contributed by atoms with van der Waals surface area (Å²) in [5.74, 6) is 0.394. The number of carbonyl (C=O) groups excluding carboxylic acids is 1.